The number of nitrogens with one attached hydrogen (secondary N) is 1. The van der Waals surface area contributed by atoms with E-state index in [1.54, 1.807) is 24.3 Å². The number of aliphatic hydroxyl groups excluding tert-OH is 1. The number of benzene rings is 1. The van der Waals surface area contributed by atoms with Gasteiger partial charge in [0, 0.05) is 0 Å². The highest BCUT2D eigenvalue weighted by Gasteiger charge is 2.35. The lowest BCUT2D eigenvalue weighted by Crippen LogP contribution is -2.35. The van der Waals surface area contributed by atoms with Crippen LogP contribution in [0, 0.1) is 5.92 Å². The second-order valence-corrected chi connectivity index (χ2v) is 5.19. The first-order valence-electron chi connectivity index (χ1n) is 5.71. The Balaban J connectivity index is 2.27. The number of fused-ring (bicyclic) bond motifs is 1. The predicted molar refractivity (Wildman–Crippen MR) is 71.6 cm³/mol. The van der Waals surface area contributed by atoms with Crippen molar-refractivity contribution < 1.29 is 24.9 Å². The zero-order valence-corrected chi connectivity index (χ0v) is 11.0. The van der Waals surface area contributed by atoms with E-state index in [1.807, 2.05) is 0 Å². The number of nitrogens with zero attached hydrogens (tertiary/aromatic N) is 1. The van der Waals surface area contributed by atoms with Crippen LogP contribution in [0.15, 0.2) is 29.4 Å². The van der Waals surface area contributed by atoms with Crippen LogP contribution in [-0.4, -0.2) is 49.1 Å². The summed E-state index contributed by atoms with van der Waals surface area (Å²) in [5.41, 5.74) is 1.39. The van der Waals surface area contributed by atoms with Crippen LogP contribution in [0.2, 0.25) is 0 Å². The number of aliphatic carboxylic acids is 2. The summed E-state index contributed by atoms with van der Waals surface area (Å²) in [5, 5.41) is 26.1. The summed E-state index contributed by atoms with van der Waals surface area (Å²) in [7, 11) is 0. The van der Waals surface area contributed by atoms with Crippen LogP contribution in [0.4, 0.5) is 0 Å². The molecule has 2 unspecified atom stereocenters. The minimum absolute atomic E-state index is 0.304. The van der Waals surface area contributed by atoms with E-state index in [4.69, 9.17) is 15.3 Å². The fourth-order valence-electron chi connectivity index (χ4n) is 1.71. The van der Waals surface area contributed by atoms with Crippen molar-refractivity contribution in [2.45, 2.75) is 10.4 Å². The molecule has 2 rings (SSSR count). The molecule has 8 heteroatoms. The molecule has 1 heterocycles. The molecule has 0 saturated carbocycles. The number of hydrogen-bond acceptors (Lipinski definition) is 5. The van der Waals surface area contributed by atoms with Crippen molar-refractivity contribution >= 4 is 34.7 Å². The Hall–Kier alpha value is -2.06. The highest BCUT2D eigenvalue weighted by atomic mass is 32.2. The number of para-hydroxylation sites is 2. The normalized spacial score (nSPS) is 14.1. The summed E-state index contributed by atoms with van der Waals surface area (Å²) in [6, 6.07) is 7.13. The van der Waals surface area contributed by atoms with E-state index in [1.165, 1.54) is 0 Å². The number of thioether (sulfide) groups is 1. The number of hydrogen-bond donors (Lipinski definition) is 4. The number of carboxylic acids is 2. The molecule has 1 aromatic heterocycles. The van der Waals surface area contributed by atoms with Gasteiger partial charge in [-0.2, -0.15) is 0 Å². The number of aromatic amines is 1. The van der Waals surface area contributed by atoms with Gasteiger partial charge in [-0.25, -0.2) is 4.98 Å². The summed E-state index contributed by atoms with van der Waals surface area (Å²) in [6.07, 6.45) is 0. The van der Waals surface area contributed by atoms with Crippen LogP contribution in [0.25, 0.3) is 11.0 Å². The van der Waals surface area contributed by atoms with Crippen LogP contribution in [0.5, 0.6) is 0 Å². The van der Waals surface area contributed by atoms with Gasteiger partial charge >= 0.3 is 11.9 Å². The van der Waals surface area contributed by atoms with Crippen molar-refractivity contribution in [2.24, 2.45) is 5.92 Å². The maximum absolute atomic E-state index is 11.2. The molecule has 0 fully saturated rings. The summed E-state index contributed by atoms with van der Waals surface area (Å²) in [6.45, 7) is -0.750. The lowest BCUT2D eigenvalue weighted by Gasteiger charge is -2.16. The first-order valence-corrected chi connectivity index (χ1v) is 6.58. The Morgan fingerprint density at radius 2 is 1.95 bits per heavy atom. The average Bonchev–Trinajstić information content (AvgIpc) is 2.80. The molecular weight excluding hydrogens is 284 g/mol. The highest BCUT2D eigenvalue weighted by Crippen LogP contribution is 2.28. The highest BCUT2D eigenvalue weighted by molar-refractivity contribution is 8.00. The molecule has 0 amide bonds. The Morgan fingerprint density at radius 3 is 2.50 bits per heavy atom. The van der Waals surface area contributed by atoms with Crippen LogP contribution in [-0.2, 0) is 9.59 Å². The van der Waals surface area contributed by atoms with Crippen molar-refractivity contribution in [3.63, 3.8) is 0 Å². The minimum atomic E-state index is -1.40. The molecule has 0 saturated heterocycles. The summed E-state index contributed by atoms with van der Waals surface area (Å²) < 4.78 is 0. The smallest absolute Gasteiger partial charge is 0.318 e. The third-order valence-corrected chi connectivity index (χ3v) is 3.93. The molecule has 2 atom stereocenters. The van der Waals surface area contributed by atoms with Crippen LogP contribution >= 0.6 is 11.8 Å². The van der Waals surface area contributed by atoms with Gasteiger partial charge in [0.1, 0.15) is 11.2 Å². The molecule has 20 heavy (non-hydrogen) atoms. The summed E-state index contributed by atoms with van der Waals surface area (Å²) in [4.78, 5) is 29.3. The number of carboxylic acid groups (broad SMARTS) is 2. The Kier molecular flexibility index (Phi) is 4.26. The SMILES string of the molecule is O=C(O)C(CO)C(Sc1nc2ccccc2[nH]1)C(=O)O. The number of aromatic nitrogens is 2. The molecular formula is C12H12N2O5S. The quantitative estimate of drug-likeness (QED) is 0.581. The number of carbonyl (C=O) groups is 2. The molecule has 0 aliphatic rings. The van der Waals surface area contributed by atoms with E-state index in [-0.39, 0.29) is 0 Å². The largest absolute Gasteiger partial charge is 0.481 e. The Labute approximate surface area is 117 Å². The zero-order chi connectivity index (χ0) is 14.7. The lowest BCUT2D eigenvalue weighted by molar-refractivity contribution is -0.148. The molecule has 0 radical (unpaired) electrons. The third-order valence-electron chi connectivity index (χ3n) is 2.73. The maximum Gasteiger partial charge on any atom is 0.318 e. The van der Waals surface area contributed by atoms with Crippen LogP contribution in [0.1, 0.15) is 0 Å². The fraction of sp³-hybridized carbons (Fsp3) is 0.250. The van der Waals surface area contributed by atoms with Crippen LogP contribution < -0.4 is 0 Å². The standard InChI is InChI=1S/C12H12N2O5S/c15-5-6(10(16)17)9(11(18)19)20-12-13-7-3-1-2-4-8(7)14-12/h1-4,6,9,15H,5H2,(H,13,14)(H,16,17)(H,18,19). The number of H-pyrrole nitrogens is 1. The maximum atomic E-state index is 11.2. The van der Waals surface area contributed by atoms with E-state index >= 15 is 0 Å². The minimum Gasteiger partial charge on any atom is -0.481 e. The van der Waals surface area contributed by atoms with Gasteiger partial charge in [0.25, 0.3) is 0 Å². The first-order chi connectivity index (χ1) is 9.52. The van der Waals surface area contributed by atoms with Crippen molar-refractivity contribution in [1.29, 1.82) is 0 Å². The molecule has 4 N–H and O–H groups in total. The van der Waals surface area contributed by atoms with E-state index in [2.05, 4.69) is 9.97 Å². The van der Waals surface area contributed by atoms with Gasteiger partial charge in [-0.3, -0.25) is 9.59 Å². The first kappa shape index (κ1) is 14.4. The third kappa shape index (κ3) is 2.91. The molecule has 0 aliphatic heterocycles. The van der Waals surface area contributed by atoms with Gasteiger partial charge in [-0.15, -0.1) is 0 Å². The molecule has 0 bridgehead atoms. The summed E-state index contributed by atoms with van der Waals surface area (Å²) >= 11 is 0.777. The van der Waals surface area contributed by atoms with Gasteiger partial charge in [0.2, 0.25) is 0 Å². The lowest BCUT2D eigenvalue weighted by atomic mass is 10.1. The molecule has 2 aromatic rings. The van der Waals surface area contributed by atoms with Gasteiger partial charge in [0.15, 0.2) is 5.16 Å². The van der Waals surface area contributed by atoms with Gasteiger partial charge in [0.05, 0.1) is 17.6 Å². The topological polar surface area (TPSA) is 124 Å². The van der Waals surface area contributed by atoms with Gasteiger partial charge in [-0.05, 0) is 12.1 Å². The number of rotatable bonds is 6. The average molecular weight is 296 g/mol. The number of aliphatic hydroxyl groups is 1. The van der Waals surface area contributed by atoms with E-state index in [0.29, 0.717) is 10.7 Å². The monoisotopic (exact) mass is 296 g/mol. The molecule has 0 spiro atoms. The second kappa shape index (κ2) is 5.93. The number of imidazole rings is 1. The Morgan fingerprint density at radius 1 is 1.25 bits per heavy atom. The van der Waals surface area contributed by atoms with E-state index in [0.717, 1.165) is 17.3 Å². The van der Waals surface area contributed by atoms with Crippen molar-refractivity contribution in [2.75, 3.05) is 6.61 Å². The van der Waals surface area contributed by atoms with E-state index in [9.17, 15) is 9.59 Å². The Bertz CT molecular complexity index is 609. The van der Waals surface area contributed by atoms with Gasteiger partial charge in [-0.1, -0.05) is 23.9 Å². The van der Waals surface area contributed by atoms with Crippen molar-refractivity contribution in [3.8, 4) is 0 Å². The van der Waals surface area contributed by atoms with Crippen LogP contribution in [0.3, 0.4) is 0 Å². The molecule has 0 aliphatic carbocycles. The van der Waals surface area contributed by atoms with Gasteiger partial charge < -0.3 is 20.3 Å². The summed E-state index contributed by atoms with van der Waals surface area (Å²) in [5.74, 6) is -4.06. The zero-order valence-electron chi connectivity index (χ0n) is 10.2. The van der Waals surface area contributed by atoms with Crippen molar-refractivity contribution in [3.05, 3.63) is 24.3 Å². The van der Waals surface area contributed by atoms with Crippen molar-refractivity contribution in [1.82, 2.24) is 9.97 Å². The molecule has 7 nitrogen and oxygen atoms in total. The molecule has 106 valence electrons. The van der Waals surface area contributed by atoms with E-state index < -0.39 is 29.7 Å². The predicted octanol–water partition coefficient (Wildman–Crippen LogP) is 0.801. The molecule has 1 aromatic carbocycles. The fourth-order valence-corrected chi connectivity index (χ4v) is 2.74. The second-order valence-electron chi connectivity index (χ2n) is 4.06.